The molecular formula is C43H81NO6. The summed E-state index contributed by atoms with van der Waals surface area (Å²) in [5, 5.41) is 0. The van der Waals surface area contributed by atoms with Crippen LogP contribution in [0.3, 0.4) is 0 Å². The van der Waals surface area contributed by atoms with Crippen LogP contribution in [0.1, 0.15) is 195 Å². The number of hydrogen-bond acceptors (Lipinski definition) is 7. The minimum absolute atomic E-state index is 0.0784. The number of carbonyl (C=O) groups is 2. The van der Waals surface area contributed by atoms with Crippen LogP contribution in [0.4, 0.5) is 0 Å². The first-order valence-corrected chi connectivity index (χ1v) is 21.6. The van der Waals surface area contributed by atoms with E-state index in [0.717, 1.165) is 90.1 Å². The quantitative estimate of drug-likeness (QED) is 0.0543. The molecule has 7 nitrogen and oxygen atoms in total. The number of unbranched alkanes of at least 4 members (excludes halogenated alkanes) is 16. The van der Waals surface area contributed by atoms with E-state index in [0.29, 0.717) is 13.2 Å². The van der Waals surface area contributed by atoms with Crippen LogP contribution in [0.5, 0.6) is 0 Å². The maximum absolute atomic E-state index is 13.6. The highest BCUT2D eigenvalue weighted by atomic mass is 16.7. The van der Waals surface area contributed by atoms with Gasteiger partial charge in [-0.15, -0.1) is 0 Å². The zero-order valence-electron chi connectivity index (χ0n) is 33.7. The molecule has 2 rings (SSSR count). The van der Waals surface area contributed by atoms with Crippen molar-refractivity contribution >= 4 is 11.9 Å². The Kier molecular flexibility index (Phi) is 24.7. The molecule has 2 atom stereocenters. The molecule has 2 aliphatic heterocycles. The largest absolute Gasteiger partial charge is 0.465 e. The second kappa shape index (κ2) is 27.4. The molecule has 2 unspecified atom stereocenters. The topological polar surface area (TPSA) is 74.3 Å². The summed E-state index contributed by atoms with van der Waals surface area (Å²) in [4.78, 5) is 29.5. The van der Waals surface area contributed by atoms with Gasteiger partial charge in [-0.05, 0) is 32.7 Å². The Labute approximate surface area is 309 Å². The van der Waals surface area contributed by atoms with E-state index in [1.54, 1.807) is 0 Å². The van der Waals surface area contributed by atoms with Crippen molar-refractivity contribution < 1.29 is 28.5 Å². The number of piperidine rings is 1. The van der Waals surface area contributed by atoms with E-state index in [-0.39, 0.29) is 37.0 Å². The van der Waals surface area contributed by atoms with Gasteiger partial charge in [-0.2, -0.15) is 0 Å². The van der Waals surface area contributed by atoms with Crippen LogP contribution < -0.4 is 0 Å². The normalized spacial score (nSPS) is 18.6. The number of likely N-dealkylation sites (tertiary alicyclic amines) is 1. The molecule has 2 aliphatic rings. The predicted molar refractivity (Wildman–Crippen MR) is 206 cm³/mol. The smallest absolute Gasteiger partial charge is 0.308 e. The van der Waals surface area contributed by atoms with Crippen molar-refractivity contribution in [2.75, 3.05) is 46.6 Å². The monoisotopic (exact) mass is 708 g/mol. The molecule has 1 spiro atoms. The zero-order valence-corrected chi connectivity index (χ0v) is 33.7. The lowest BCUT2D eigenvalue weighted by molar-refractivity contribution is -0.325. The van der Waals surface area contributed by atoms with E-state index in [9.17, 15) is 9.59 Å². The highest BCUT2D eigenvalue weighted by molar-refractivity contribution is 5.73. The maximum atomic E-state index is 13.6. The molecule has 0 aromatic carbocycles. The van der Waals surface area contributed by atoms with Crippen molar-refractivity contribution in [3.05, 3.63) is 0 Å². The summed E-state index contributed by atoms with van der Waals surface area (Å²) in [6.07, 6.45) is 29.5. The standard InChI is InChI=1S/C43H81NO6/c1-6-10-14-16-18-20-22-24-28-38(26-12-8-3)40(45)47-34-42(36-49-43(50-37-42)30-32-44(5)33-31-43)35-48-41(46)39(27-13-9-4)29-25-23-21-19-17-15-11-7-2/h38-39H,6-37H2,1-5H3. The van der Waals surface area contributed by atoms with E-state index in [1.807, 2.05) is 0 Å². The van der Waals surface area contributed by atoms with Gasteiger partial charge in [-0.1, -0.05) is 156 Å². The van der Waals surface area contributed by atoms with Crippen LogP contribution in [0.2, 0.25) is 0 Å². The molecule has 0 saturated carbocycles. The molecule has 2 heterocycles. The lowest BCUT2D eigenvalue weighted by Crippen LogP contribution is -2.57. The molecular weight excluding hydrogens is 626 g/mol. The zero-order chi connectivity index (χ0) is 36.3. The van der Waals surface area contributed by atoms with Gasteiger partial charge in [0, 0.05) is 25.9 Å². The summed E-state index contributed by atoms with van der Waals surface area (Å²) in [6.45, 7) is 11.8. The second-order valence-electron chi connectivity index (χ2n) is 16.2. The number of ether oxygens (including phenoxy) is 4. The van der Waals surface area contributed by atoms with Gasteiger partial charge in [0.2, 0.25) is 0 Å². The molecule has 0 amide bonds. The van der Waals surface area contributed by atoms with Crippen molar-refractivity contribution in [3.63, 3.8) is 0 Å². The fraction of sp³-hybridized carbons (Fsp3) is 0.953. The van der Waals surface area contributed by atoms with E-state index in [2.05, 4.69) is 39.6 Å². The lowest BCUT2D eigenvalue weighted by Gasteiger charge is -2.48. The highest BCUT2D eigenvalue weighted by Crippen LogP contribution is 2.38. The van der Waals surface area contributed by atoms with E-state index in [4.69, 9.17) is 18.9 Å². The van der Waals surface area contributed by atoms with Gasteiger partial charge in [-0.3, -0.25) is 9.59 Å². The van der Waals surface area contributed by atoms with E-state index >= 15 is 0 Å². The van der Waals surface area contributed by atoms with Gasteiger partial charge in [0.15, 0.2) is 5.79 Å². The summed E-state index contributed by atoms with van der Waals surface area (Å²) in [7, 11) is 2.13. The Morgan fingerprint density at radius 3 is 1.26 bits per heavy atom. The average Bonchev–Trinajstić information content (AvgIpc) is 3.13. The fourth-order valence-corrected chi connectivity index (χ4v) is 7.50. The summed E-state index contributed by atoms with van der Waals surface area (Å²) in [5.74, 6) is -0.968. The first-order chi connectivity index (χ1) is 24.3. The third-order valence-corrected chi connectivity index (χ3v) is 11.4. The maximum Gasteiger partial charge on any atom is 0.308 e. The SMILES string of the molecule is CCCCCCCCCCC(CCCC)C(=O)OCC1(COC(=O)C(CCCC)CCCCCCCCCC)COC2(CCN(C)CC2)OC1. The van der Waals surface area contributed by atoms with Crippen LogP contribution >= 0.6 is 0 Å². The summed E-state index contributed by atoms with van der Waals surface area (Å²) in [6, 6.07) is 0. The van der Waals surface area contributed by atoms with Crippen LogP contribution in [-0.4, -0.2) is 69.2 Å². The molecule has 0 N–H and O–H groups in total. The molecule has 0 aromatic heterocycles. The molecule has 294 valence electrons. The first-order valence-electron chi connectivity index (χ1n) is 21.6. The van der Waals surface area contributed by atoms with Gasteiger partial charge in [-0.25, -0.2) is 0 Å². The Morgan fingerprint density at radius 1 is 0.540 bits per heavy atom. The molecule has 0 radical (unpaired) electrons. The second-order valence-corrected chi connectivity index (χ2v) is 16.2. The summed E-state index contributed by atoms with van der Waals surface area (Å²) >= 11 is 0. The van der Waals surface area contributed by atoms with Crippen LogP contribution in [-0.2, 0) is 28.5 Å². The average molecular weight is 708 g/mol. The number of hydrogen-bond donors (Lipinski definition) is 0. The Balaban J connectivity index is 1.98. The van der Waals surface area contributed by atoms with Crippen LogP contribution in [0.25, 0.3) is 0 Å². The Morgan fingerprint density at radius 2 is 0.880 bits per heavy atom. The third kappa shape index (κ3) is 18.5. The minimum atomic E-state index is -0.693. The van der Waals surface area contributed by atoms with Crippen LogP contribution in [0.15, 0.2) is 0 Å². The predicted octanol–water partition coefficient (Wildman–Crippen LogP) is 11.2. The third-order valence-electron chi connectivity index (χ3n) is 11.4. The fourth-order valence-electron chi connectivity index (χ4n) is 7.50. The van der Waals surface area contributed by atoms with Crippen molar-refractivity contribution in [1.29, 1.82) is 0 Å². The molecule has 0 aliphatic carbocycles. The van der Waals surface area contributed by atoms with Crippen LogP contribution in [0, 0.1) is 17.3 Å². The molecule has 7 heteroatoms. The summed E-state index contributed by atoms with van der Waals surface area (Å²) in [5.41, 5.74) is -0.693. The lowest BCUT2D eigenvalue weighted by atomic mass is 9.89. The molecule has 0 aromatic rings. The van der Waals surface area contributed by atoms with Gasteiger partial charge in [0.25, 0.3) is 0 Å². The molecule has 50 heavy (non-hydrogen) atoms. The number of esters is 2. The van der Waals surface area contributed by atoms with Gasteiger partial charge < -0.3 is 23.8 Å². The van der Waals surface area contributed by atoms with Crippen molar-refractivity contribution in [2.45, 2.75) is 200 Å². The minimum Gasteiger partial charge on any atom is -0.465 e. The van der Waals surface area contributed by atoms with Gasteiger partial charge >= 0.3 is 11.9 Å². The highest BCUT2D eigenvalue weighted by Gasteiger charge is 2.48. The number of carbonyl (C=O) groups excluding carboxylic acids is 2. The van der Waals surface area contributed by atoms with Gasteiger partial charge in [0.05, 0.1) is 30.5 Å². The summed E-state index contributed by atoms with van der Waals surface area (Å²) < 4.78 is 25.3. The van der Waals surface area contributed by atoms with E-state index < -0.39 is 11.2 Å². The van der Waals surface area contributed by atoms with Crippen molar-refractivity contribution in [2.24, 2.45) is 17.3 Å². The van der Waals surface area contributed by atoms with Gasteiger partial charge in [0.1, 0.15) is 13.2 Å². The van der Waals surface area contributed by atoms with E-state index in [1.165, 1.54) is 89.9 Å². The van der Waals surface area contributed by atoms with Crippen molar-refractivity contribution in [3.8, 4) is 0 Å². The number of nitrogens with zero attached hydrogens (tertiary/aromatic N) is 1. The molecule has 0 bridgehead atoms. The Bertz CT molecular complexity index is 796. The molecule has 2 saturated heterocycles. The number of rotatable bonds is 30. The first kappa shape index (κ1) is 45.0. The Hall–Kier alpha value is -1.18. The van der Waals surface area contributed by atoms with Crippen molar-refractivity contribution in [1.82, 2.24) is 4.90 Å². The molecule has 2 fully saturated rings.